The van der Waals surface area contributed by atoms with E-state index in [1.54, 1.807) is 36.4 Å². The van der Waals surface area contributed by atoms with Gasteiger partial charge in [0.2, 0.25) is 0 Å². The van der Waals surface area contributed by atoms with Crippen molar-refractivity contribution in [3.63, 3.8) is 0 Å². The summed E-state index contributed by atoms with van der Waals surface area (Å²) in [5.41, 5.74) is 2.59. The average molecular weight is 415 g/mol. The van der Waals surface area contributed by atoms with Crippen LogP contribution in [0.5, 0.6) is 5.75 Å². The Labute approximate surface area is 177 Å². The van der Waals surface area contributed by atoms with E-state index in [9.17, 15) is 19.7 Å². The fourth-order valence-electron chi connectivity index (χ4n) is 2.75. The van der Waals surface area contributed by atoms with Crippen molar-refractivity contribution in [2.24, 2.45) is 0 Å². The lowest BCUT2D eigenvalue weighted by molar-refractivity contribution is -0.384. The molecule has 3 rings (SSSR count). The first-order valence-corrected chi connectivity index (χ1v) is 9.30. The minimum atomic E-state index is -0.547. The van der Waals surface area contributed by atoms with Gasteiger partial charge in [-0.05, 0) is 47.5 Å². The second kappa shape index (κ2) is 9.80. The number of nitro groups is 1. The number of nitriles is 1. The molecule has 3 aromatic rings. The highest BCUT2D eigenvalue weighted by molar-refractivity contribution is 5.94. The molecule has 154 valence electrons. The third kappa shape index (κ3) is 5.74. The number of nitrogens with zero attached hydrogens (tertiary/aromatic N) is 2. The second-order valence-electron chi connectivity index (χ2n) is 6.50. The van der Waals surface area contributed by atoms with E-state index >= 15 is 0 Å². The van der Waals surface area contributed by atoms with Gasteiger partial charge in [-0.1, -0.05) is 24.3 Å². The molecule has 0 aromatic heterocycles. The summed E-state index contributed by atoms with van der Waals surface area (Å²) in [7, 11) is 0. The Balaban J connectivity index is 1.47. The number of carbonyl (C=O) groups is 2. The number of nitrogens with one attached hydrogen (secondary N) is 1. The smallest absolute Gasteiger partial charge is 0.312 e. The van der Waals surface area contributed by atoms with Gasteiger partial charge in [0.15, 0.2) is 0 Å². The van der Waals surface area contributed by atoms with Crippen molar-refractivity contribution in [3.8, 4) is 22.9 Å². The van der Waals surface area contributed by atoms with Crippen molar-refractivity contribution in [2.45, 2.75) is 6.42 Å². The average Bonchev–Trinajstić information content (AvgIpc) is 2.79. The highest BCUT2D eigenvalue weighted by atomic mass is 16.6. The highest BCUT2D eigenvalue weighted by Crippen LogP contribution is 2.23. The zero-order valence-electron chi connectivity index (χ0n) is 16.3. The van der Waals surface area contributed by atoms with Crippen LogP contribution in [0, 0.1) is 21.4 Å². The van der Waals surface area contributed by atoms with Crippen LogP contribution in [0.3, 0.4) is 0 Å². The van der Waals surface area contributed by atoms with Gasteiger partial charge >= 0.3 is 5.97 Å². The number of hydrogen-bond acceptors (Lipinski definition) is 6. The molecule has 0 aliphatic heterocycles. The first-order chi connectivity index (χ1) is 15.0. The number of amides is 1. The maximum Gasteiger partial charge on any atom is 0.312 e. The van der Waals surface area contributed by atoms with Crippen LogP contribution in [0.4, 0.5) is 5.69 Å². The van der Waals surface area contributed by atoms with E-state index in [1.165, 1.54) is 24.3 Å². The summed E-state index contributed by atoms with van der Waals surface area (Å²) in [6, 6.07) is 21.3. The number of benzene rings is 3. The van der Waals surface area contributed by atoms with Gasteiger partial charge in [0.1, 0.15) is 5.75 Å². The predicted octanol–water partition coefficient (Wildman–Crippen LogP) is 3.86. The number of nitro benzene ring substituents is 1. The van der Waals surface area contributed by atoms with Crippen LogP contribution < -0.4 is 10.1 Å². The minimum absolute atomic E-state index is 0.0317. The van der Waals surface area contributed by atoms with E-state index in [-0.39, 0.29) is 24.2 Å². The molecule has 31 heavy (non-hydrogen) atoms. The topological polar surface area (TPSA) is 122 Å². The number of ether oxygens (including phenoxy) is 1. The Hall–Kier alpha value is -4.51. The van der Waals surface area contributed by atoms with E-state index in [0.29, 0.717) is 11.3 Å². The molecule has 1 N–H and O–H groups in total. The van der Waals surface area contributed by atoms with Crippen LogP contribution >= 0.6 is 0 Å². The third-order valence-electron chi connectivity index (χ3n) is 4.39. The number of carbonyl (C=O) groups excluding carboxylic acids is 2. The maximum absolute atomic E-state index is 12.0. The first-order valence-electron chi connectivity index (χ1n) is 9.30. The third-order valence-corrected chi connectivity index (χ3v) is 4.39. The summed E-state index contributed by atoms with van der Waals surface area (Å²) in [4.78, 5) is 34.1. The molecular formula is C23H17N3O5. The van der Waals surface area contributed by atoms with Gasteiger partial charge in [0, 0.05) is 24.2 Å². The van der Waals surface area contributed by atoms with Crippen LogP contribution in [0.1, 0.15) is 22.3 Å². The lowest BCUT2D eigenvalue weighted by atomic mass is 10.0. The Morgan fingerprint density at radius 3 is 2.06 bits per heavy atom. The number of esters is 1. The Bertz CT molecular complexity index is 1130. The molecule has 0 saturated carbocycles. The van der Waals surface area contributed by atoms with Crippen molar-refractivity contribution in [2.75, 3.05) is 6.54 Å². The van der Waals surface area contributed by atoms with Gasteiger partial charge in [0.25, 0.3) is 11.6 Å². The molecule has 0 atom stereocenters. The van der Waals surface area contributed by atoms with E-state index < -0.39 is 16.8 Å². The SMILES string of the molecule is N#Cc1ccc(-c2ccc(OC(=O)CCNC(=O)c3ccc([N+](=O)[O-])cc3)cc2)cc1. The van der Waals surface area contributed by atoms with Crippen LogP contribution in [0.15, 0.2) is 72.8 Å². The molecule has 0 spiro atoms. The van der Waals surface area contributed by atoms with Crippen LogP contribution in [0.2, 0.25) is 0 Å². The molecule has 1 amide bonds. The number of rotatable bonds is 7. The van der Waals surface area contributed by atoms with Gasteiger partial charge in [-0.25, -0.2) is 0 Å². The summed E-state index contributed by atoms with van der Waals surface area (Å²) in [5.74, 6) is -0.561. The Morgan fingerprint density at radius 1 is 0.935 bits per heavy atom. The zero-order valence-corrected chi connectivity index (χ0v) is 16.3. The fourth-order valence-corrected chi connectivity index (χ4v) is 2.75. The molecular weight excluding hydrogens is 398 g/mol. The van der Waals surface area contributed by atoms with E-state index in [4.69, 9.17) is 10.00 Å². The molecule has 8 nitrogen and oxygen atoms in total. The van der Waals surface area contributed by atoms with Crippen LogP contribution in [-0.2, 0) is 4.79 Å². The monoisotopic (exact) mass is 415 g/mol. The first kappa shape index (κ1) is 21.2. The normalized spacial score (nSPS) is 10.0. The van der Waals surface area contributed by atoms with Gasteiger partial charge in [-0.3, -0.25) is 19.7 Å². The summed E-state index contributed by atoms with van der Waals surface area (Å²) in [6.45, 7) is 0.0674. The Morgan fingerprint density at radius 2 is 1.52 bits per heavy atom. The van der Waals surface area contributed by atoms with E-state index in [1.807, 2.05) is 12.1 Å². The van der Waals surface area contributed by atoms with Crippen molar-refractivity contribution in [1.29, 1.82) is 5.26 Å². The molecule has 0 heterocycles. The largest absolute Gasteiger partial charge is 0.426 e. The molecule has 0 fully saturated rings. The number of non-ortho nitro benzene ring substituents is 1. The van der Waals surface area contributed by atoms with E-state index in [0.717, 1.165) is 11.1 Å². The molecule has 0 aliphatic rings. The fraction of sp³-hybridized carbons (Fsp3) is 0.0870. The zero-order chi connectivity index (χ0) is 22.2. The molecule has 0 saturated heterocycles. The lowest BCUT2D eigenvalue weighted by Gasteiger charge is -2.07. The van der Waals surface area contributed by atoms with Crippen molar-refractivity contribution in [3.05, 3.63) is 94.0 Å². The summed E-state index contributed by atoms with van der Waals surface area (Å²) >= 11 is 0. The summed E-state index contributed by atoms with van der Waals surface area (Å²) in [6.07, 6.45) is -0.0317. The van der Waals surface area contributed by atoms with E-state index in [2.05, 4.69) is 11.4 Å². The lowest BCUT2D eigenvalue weighted by Crippen LogP contribution is -2.27. The molecule has 0 unspecified atom stereocenters. The molecule has 0 bridgehead atoms. The van der Waals surface area contributed by atoms with Crippen molar-refractivity contribution in [1.82, 2.24) is 5.32 Å². The second-order valence-corrected chi connectivity index (χ2v) is 6.50. The predicted molar refractivity (Wildman–Crippen MR) is 112 cm³/mol. The Kier molecular flexibility index (Phi) is 6.71. The molecule has 8 heteroatoms. The number of hydrogen-bond donors (Lipinski definition) is 1. The summed E-state index contributed by atoms with van der Waals surface area (Å²) in [5, 5.41) is 22.1. The van der Waals surface area contributed by atoms with Crippen LogP contribution in [-0.4, -0.2) is 23.3 Å². The maximum atomic E-state index is 12.0. The van der Waals surface area contributed by atoms with Gasteiger partial charge in [0.05, 0.1) is 23.0 Å². The van der Waals surface area contributed by atoms with Gasteiger partial charge in [-0.2, -0.15) is 5.26 Å². The van der Waals surface area contributed by atoms with Crippen molar-refractivity contribution >= 4 is 17.6 Å². The quantitative estimate of drug-likeness (QED) is 0.271. The standard InChI is InChI=1S/C23H17N3O5/c24-15-16-1-3-17(4-2-16)18-7-11-21(12-8-18)31-22(27)13-14-25-23(28)19-5-9-20(10-6-19)26(29)30/h1-12H,13-14H2,(H,25,28). The highest BCUT2D eigenvalue weighted by Gasteiger charge is 2.11. The molecule has 0 radical (unpaired) electrons. The van der Waals surface area contributed by atoms with Gasteiger partial charge < -0.3 is 10.1 Å². The molecule has 0 aliphatic carbocycles. The molecule has 3 aromatic carbocycles. The minimum Gasteiger partial charge on any atom is -0.426 e. The van der Waals surface area contributed by atoms with Crippen molar-refractivity contribution < 1.29 is 19.2 Å². The summed E-state index contributed by atoms with van der Waals surface area (Å²) < 4.78 is 5.26. The van der Waals surface area contributed by atoms with Crippen LogP contribution in [0.25, 0.3) is 11.1 Å². The van der Waals surface area contributed by atoms with Gasteiger partial charge in [-0.15, -0.1) is 0 Å².